The third-order valence-corrected chi connectivity index (χ3v) is 6.51. The average Bonchev–Trinajstić information content (AvgIpc) is 3.21. The Bertz CT molecular complexity index is 1060. The van der Waals surface area contributed by atoms with Crippen molar-refractivity contribution in [1.82, 2.24) is 9.80 Å². The number of hydrogen-bond acceptors (Lipinski definition) is 4. The predicted octanol–water partition coefficient (Wildman–Crippen LogP) is 5.49. The van der Waals surface area contributed by atoms with E-state index in [0.29, 0.717) is 24.7 Å². The van der Waals surface area contributed by atoms with Crippen molar-refractivity contribution in [3.05, 3.63) is 105 Å². The maximum absolute atomic E-state index is 12.7. The Labute approximate surface area is 207 Å². The molecular formula is C26H26BrClN2O3. The standard InChI is InChI=1S/C26H26BrClN2O3/c27-22-8-4-7-21(13-22)15-29(14-19-9-11-23(28)12-10-19)24-16-30(17-25(24)31)26(32)33-18-20-5-2-1-3-6-20/h1-13,24-25,31H,14-18H2/t24-,25-/m1/s1. The Balaban J connectivity index is 1.46. The molecule has 3 aromatic rings. The van der Waals surface area contributed by atoms with Crippen LogP contribution in [0.4, 0.5) is 4.79 Å². The summed E-state index contributed by atoms with van der Waals surface area (Å²) in [5.74, 6) is 0. The molecule has 0 spiro atoms. The highest BCUT2D eigenvalue weighted by atomic mass is 79.9. The van der Waals surface area contributed by atoms with Crippen LogP contribution in [0, 0.1) is 0 Å². The van der Waals surface area contributed by atoms with E-state index < -0.39 is 12.2 Å². The fraction of sp³-hybridized carbons (Fsp3) is 0.269. The van der Waals surface area contributed by atoms with Gasteiger partial charge < -0.3 is 14.7 Å². The summed E-state index contributed by atoms with van der Waals surface area (Å²) in [6, 6.07) is 25.2. The second kappa shape index (κ2) is 11.2. The van der Waals surface area contributed by atoms with Gasteiger partial charge in [-0.15, -0.1) is 0 Å². The normalized spacial score (nSPS) is 18.0. The van der Waals surface area contributed by atoms with Crippen LogP contribution in [0.15, 0.2) is 83.3 Å². The number of amides is 1. The summed E-state index contributed by atoms with van der Waals surface area (Å²) in [5, 5.41) is 11.6. The average molecular weight is 530 g/mol. The zero-order valence-electron chi connectivity index (χ0n) is 18.1. The summed E-state index contributed by atoms with van der Waals surface area (Å²) in [5.41, 5.74) is 3.14. The van der Waals surface area contributed by atoms with Crippen LogP contribution in [0.2, 0.25) is 5.02 Å². The molecule has 0 unspecified atom stereocenters. The number of rotatable bonds is 7. The van der Waals surface area contributed by atoms with Crippen molar-refractivity contribution in [2.45, 2.75) is 31.8 Å². The molecule has 0 aliphatic carbocycles. The number of carbonyl (C=O) groups is 1. The zero-order valence-corrected chi connectivity index (χ0v) is 20.5. The lowest BCUT2D eigenvalue weighted by Crippen LogP contribution is -2.42. The van der Waals surface area contributed by atoms with Crippen molar-refractivity contribution in [2.75, 3.05) is 13.1 Å². The molecule has 1 saturated heterocycles. The van der Waals surface area contributed by atoms with Crippen molar-refractivity contribution in [3.63, 3.8) is 0 Å². The molecule has 0 aromatic heterocycles. The first-order chi connectivity index (χ1) is 16.0. The van der Waals surface area contributed by atoms with Crippen molar-refractivity contribution in [1.29, 1.82) is 0 Å². The van der Waals surface area contributed by atoms with Crippen molar-refractivity contribution in [3.8, 4) is 0 Å². The van der Waals surface area contributed by atoms with Gasteiger partial charge in [0.05, 0.1) is 18.7 Å². The predicted molar refractivity (Wildman–Crippen MR) is 133 cm³/mol. The van der Waals surface area contributed by atoms with Crippen LogP contribution in [0.5, 0.6) is 0 Å². The van der Waals surface area contributed by atoms with Gasteiger partial charge in [-0.05, 0) is 41.0 Å². The van der Waals surface area contributed by atoms with Crippen molar-refractivity contribution in [2.24, 2.45) is 0 Å². The number of halogens is 2. The SMILES string of the molecule is O=C(OCc1ccccc1)N1C[C@@H](O)[C@H](N(Cc2ccc(Cl)cc2)Cc2cccc(Br)c2)C1. The highest BCUT2D eigenvalue weighted by molar-refractivity contribution is 9.10. The van der Waals surface area contributed by atoms with Crippen LogP contribution < -0.4 is 0 Å². The molecule has 5 nitrogen and oxygen atoms in total. The number of nitrogens with zero attached hydrogens (tertiary/aromatic N) is 2. The minimum absolute atomic E-state index is 0.212. The highest BCUT2D eigenvalue weighted by Crippen LogP contribution is 2.24. The Kier molecular flexibility index (Phi) is 8.04. The van der Waals surface area contributed by atoms with Crippen LogP contribution >= 0.6 is 27.5 Å². The summed E-state index contributed by atoms with van der Waals surface area (Å²) in [7, 11) is 0. The highest BCUT2D eigenvalue weighted by Gasteiger charge is 2.38. The molecular weight excluding hydrogens is 504 g/mol. The summed E-state index contributed by atoms with van der Waals surface area (Å²) in [6.07, 6.45) is -1.08. The Morgan fingerprint density at radius 1 is 0.970 bits per heavy atom. The molecule has 1 heterocycles. The van der Waals surface area contributed by atoms with Crippen LogP contribution in [0.3, 0.4) is 0 Å². The molecule has 172 valence electrons. The number of hydrogen-bond donors (Lipinski definition) is 1. The van der Waals surface area contributed by atoms with Gasteiger partial charge in [-0.2, -0.15) is 0 Å². The second-order valence-electron chi connectivity index (χ2n) is 8.24. The van der Waals surface area contributed by atoms with E-state index in [1.165, 1.54) is 0 Å². The minimum atomic E-state index is -0.672. The second-order valence-corrected chi connectivity index (χ2v) is 9.59. The molecule has 0 saturated carbocycles. The van der Waals surface area contributed by atoms with Gasteiger partial charge in [-0.1, -0.05) is 82.1 Å². The number of aliphatic hydroxyl groups excluding tert-OH is 1. The first-order valence-electron chi connectivity index (χ1n) is 10.8. The first-order valence-corrected chi connectivity index (χ1v) is 12.0. The molecule has 0 radical (unpaired) electrons. The maximum atomic E-state index is 12.7. The van der Waals surface area contributed by atoms with Crippen LogP contribution in [0.25, 0.3) is 0 Å². The number of ether oxygens (including phenoxy) is 1. The summed E-state index contributed by atoms with van der Waals surface area (Å²) >= 11 is 9.59. The minimum Gasteiger partial charge on any atom is -0.445 e. The molecule has 1 aliphatic rings. The number of carbonyl (C=O) groups excluding carboxylic acids is 1. The monoisotopic (exact) mass is 528 g/mol. The van der Waals surface area contributed by atoms with Crippen LogP contribution in [0.1, 0.15) is 16.7 Å². The van der Waals surface area contributed by atoms with Crippen LogP contribution in [-0.4, -0.2) is 46.2 Å². The van der Waals surface area contributed by atoms with E-state index >= 15 is 0 Å². The Morgan fingerprint density at radius 3 is 2.39 bits per heavy atom. The lowest BCUT2D eigenvalue weighted by Gasteiger charge is -2.31. The summed E-state index contributed by atoms with van der Waals surface area (Å²) < 4.78 is 6.49. The van der Waals surface area contributed by atoms with Gasteiger partial charge in [-0.25, -0.2) is 4.79 Å². The fourth-order valence-corrected chi connectivity index (χ4v) is 4.65. The molecule has 1 aliphatic heterocycles. The lowest BCUT2D eigenvalue weighted by molar-refractivity contribution is 0.0728. The molecule has 3 aromatic carbocycles. The van der Waals surface area contributed by atoms with Gasteiger partial charge in [-0.3, -0.25) is 4.90 Å². The topological polar surface area (TPSA) is 53.0 Å². The molecule has 1 N–H and O–H groups in total. The van der Waals surface area contributed by atoms with Gasteiger partial charge in [0.25, 0.3) is 0 Å². The van der Waals surface area contributed by atoms with Crippen molar-refractivity contribution >= 4 is 33.6 Å². The number of benzene rings is 3. The van der Waals surface area contributed by atoms with Gasteiger partial charge >= 0.3 is 6.09 Å². The Morgan fingerprint density at radius 2 is 1.67 bits per heavy atom. The van der Waals surface area contributed by atoms with E-state index in [1.807, 2.05) is 66.7 Å². The summed E-state index contributed by atoms with van der Waals surface area (Å²) in [6.45, 7) is 2.11. The van der Waals surface area contributed by atoms with Gasteiger partial charge in [0.2, 0.25) is 0 Å². The molecule has 7 heteroatoms. The molecule has 4 rings (SSSR count). The van der Waals surface area contributed by atoms with E-state index in [9.17, 15) is 9.90 Å². The van der Waals surface area contributed by atoms with E-state index in [0.717, 1.165) is 21.2 Å². The van der Waals surface area contributed by atoms with Crippen molar-refractivity contribution < 1.29 is 14.6 Å². The molecule has 1 amide bonds. The third kappa shape index (κ3) is 6.58. The van der Waals surface area contributed by atoms with E-state index in [4.69, 9.17) is 16.3 Å². The first kappa shape index (κ1) is 23.8. The fourth-order valence-electron chi connectivity index (χ4n) is 4.07. The molecule has 1 fully saturated rings. The quantitative estimate of drug-likeness (QED) is 0.440. The van der Waals surface area contributed by atoms with E-state index in [2.05, 4.69) is 33.0 Å². The Hall–Kier alpha value is -2.38. The lowest BCUT2D eigenvalue weighted by atomic mass is 10.1. The number of β-amino-alcohol motifs (C(OH)–C–C–N with tert-alkyl or cyclic N) is 1. The largest absolute Gasteiger partial charge is 0.445 e. The van der Waals surface area contributed by atoms with E-state index in [1.54, 1.807) is 4.90 Å². The third-order valence-electron chi connectivity index (χ3n) is 5.77. The zero-order chi connectivity index (χ0) is 23.2. The maximum Gasteiger partial charge on any atom is 0.410 e. The van der Waals surface area contributed by atoms with Gasteiger partial charge in [0, 0.05) is 29.1 Å². The number of likely N-dealkylation sites (tertiary alicyclic amines) is 1. The smallest absolute Gasteiger partial charge is 0.410 e. The summed E-state index contributed by atoms with van der Waals surface area (Å²) in [4.78, 5) is 16.5. The molecule has 0 bridgehead atoms. The van der Waals surface area contributed by atoms with Gasteiger partial charge in [0.1, 0.15) is 6.61 Å². The van der Waals surface area contributed by atoms with Gasteiger partial charge in [0.15, 0.2) is 0 Å². The van der Waals surface area contributed by atoms with Crippen LogP contribution in [-0.2, 0) is 24.4 Å². The molecule has 2 atom stereocenters. The number of aliphatic hydroxyl groups is 1. The van der Waals surface area contributed by atoms with E-state index in [-0.39, 0.29) is 19.2 Å². The molecule has 33 heavy (non-hydrogen) atoms.